The quantitative estimate of drug-likeness (QED) is 0.817. The first-order valence-corrected chi connectivity index (χ1v) is 8.20. The van der Waals surface area contributed by atoms with E-state index < -0.39 is 0 Å². The molecular weight excluding hydrogens is 316 g/mol. The Balaban J connectivity index is 2.35. The van der Waals surface area contributed by atoms with Gasteiger partial charge < -0.3 is 4.98 Å². The third kappa shape index (κ3) is 3.33. The van der Waals surface area contributed by atoms with Crippen LogP contribution in [0.15, 0.2) is 9.27 Å². The zero-order chi connectivity index (χ0) is 15.1. The van der Waals surface area contributed by atoms with Crippen molar-refractivity contribution >= 4 is 15.9 Å². The lowest BCUT2D eigenvalue weighted by atomic mass is 9.73. The van der Waals surface area contributed by atoms with E-state index in [4.69, 9.17) is 4.98 Å². The highest BCUT2D eigenvalue weighted by Gasteiger charge is 2.30. The SMILES string of the molecule is CC1(C)CCC(c2nc(C(C)(C)C)c(Br)c(=O)[nH]2)CC1. The Morgan fingerprint density at radius 2 is 1.80 bits per heavy atom. The fourth-order valence-electron chi connectivity index (χ4n) is 2.84. The Morgan fingerprint density at radius 3 is 2.30 bits per heavy atom. The Kier molecular flexibility index (Phi) is 4.16. The zero-order valence-corrected chi connectivity index (χ0v) is 14.7. The van der Waals surface area contributed by atoms with Gasteiger partial charge in [-0.3, -0.25) is 4.79 Å². The molecule has 1 fully saturated rings. The Hall–Kier alpha value is -0.640. The minimum absolute atomic E-state index is 0.0511. The summed E-state index contributed by atoms with van der Waals surface area (Å²) < 4.78 is 0.574. The average molecular weight is 341 g/mol. The molecule has 1 aromatic rings. The molecule has 0 spiro atoms. The van der Waals surface area contributed by atoms with Crippen molar-refractivity contribution in [3.63, 3.8) is 0 Å². The van der Waals surface area contributed by atoms with Crippen LogP contribution in [0.25, 0.3) is 0 Å². The number of aromatic amines is 1. The van der Waals surface area contributed by atoms with Gasteiger partial charge in [-0.15, -0.1) is 0 Å². The molecule has 1 heterocycles. The van der Waals surface area contributed by atoms with E-state index in [1.807, 2.05) is 0 Å². The maximum Gasteiger partial charge on any atom is 0.265 e. The number of hydrogen-bond acceptors (Lipinski definition) is 2. The normalized spacial score (nSPS) is 20.1. The second-order valence-electron chi connectivity index (χ2n) is 7.80. The molecule has 0 unspecified atom stereocenters. The van der Waals surface area contributed by atoms with Gasteiger partial charge in [-0.2, -0.15) is 0 Å². The van der Waals surface area contributed by atoms with Gasteiger partial charge in [-0.05, 0) is 47.0 Å². The van der Waals surface area contributed by atoms with Crippen LogP contribution in [0.3, 0.4) is 0 Å². The number of halogens is 1. The first-order valence-electron chi connectivity index (χ1n) is 7.40. The van der Waals surface area contributed by atoms with Crippen LogP contribution >= 0.6 is 15.9 Å². The maximum atomic E-state index is 12.1. The van der Waals surface area contributed by atoms with Crippen LogP contribution in [0.2, 0.25) is 0 Å². The van der Waals surface area contributed by atoms with E-state index in [0.29, 0.717) is 15.8 Å². The molecule has 0 aromatic carbocycles. The first kappa shape index (κ1) is 15.7. The van der Waals surface area contributed by atoms with Crippen molar-refractivity contribution in [1.82, 2.24) is 9.97 Å². The van der Waals surface area contributed by atoms with E-state index in [-0.39, 0.29) is 11.0 Å². The molecule has 1 aromatic heterocycles. The highest BCUT2D eigenvalue weighted by Crippen LogP contribution is 2.41. The second kappa shape index (κ2) is 5.28. The monoisotopic (exact) mass is 340 g/mol. The average Bonchev–Trinajstić information content (AvgIpc) is 2.31. The Bertz CT molecular complexity index is 545. The molecule has 1 N–H and O–H groups in total. The molecule has 112 valence electrons. The third-order valence-corrected chi connectivity index (χ3v) is 5.05. The van der Waals surface area contributed by atoms with Gasteiger partial charge in [0.15, 0.2) is 0 Å². The smallest absolute Gasteiger partial charge is 0.265 e. The van der Waals surface area contributed by atoms with Gasteiger partial charge in [0.05, 0.1) is 5.69 Å². The van der Waals surface area contributed by atoms with Crippen LogP contribution in [0.4, 0.5) is 0 Å². The predicted octanol–water partition coefficient (Wildman–Crippen LogP) is 4.51. The van der Waals surface area contributed by atoms with Gasteiger partial charge in [-0.1, -0.05) is 34.6 Å². The van der Waals surface area contributed by atoms with Crippen molar-refractivity contribution in [2.24, 2.45) is 5.41 Å². The van der Waals surface area contributed by atoms with Gasteiger partial charge >= 0.3 is 0 Å². The molecule has 0 aliphatic heterocycles. The number of aromatic nitrogens is 2. The lowest BCUT2D eigenvalue weighted by Gasteiger charge is -2.34. The molecule has 0 bridgehead atoms. The van der Waals surface area contributed by atoms with E-state index >= 15 is 0 Å². The summed E-state index contributed by atoms with van der Waals surface area (Å²) in [5, 5.41) is 0. The molecule has 0 amide bonds. The summed E-state index contributed by atoms with van der Waals surface area (Å²) in [5.41, 5.74) is 1.11. The van der Waals surface area contributed by atoms with Crippen LogP contribution in [0, 0.1) is 5.41 Å². The number of hydrogen-bond donors (Lipinski definition) is 1. The minimum atomic E-state index is -0.129. The van der Waals surface area contributed by atoms with Crippen LogP contribution in [-0.4, -0.2) is 9.97 Å². The van der Waals surface area contributed by atoms with Crippen LogP contribution < -0.4 is 5.56 Å². The summed E-state index contributed by atoms with van der Waals surface area (Å²) in [6, 6.07) is 0. The fraction of sp³-hybridized carbons (Fsp3) is 0.750. The minimum Gasteiger partial charge on any atom is -0.309 e. The molecule has 0 saturated heterocycles. The Labute approximate surface area is 129 Å². The molecule has 1 saturated carbocycles. The summed E-state index contributed by atoms with van der Waals surface area (Å²) in [6.45, 7) is 10.9. The molecule has 2 rings (SSSR count). The zero-order valence-electron chi connectivity index (χ0n) is 13.1. The third-order valence-electron chi connectivity index (χ3n) is 4.32. The van der Waals surface area contributed by atoms with E-state index in [1.165, 1.54) is 12.8 Å². The lowest BCUT2D eigenvalue weighted by molar-refractivity contribution is 0.220. The van der Waals surface area contributed by atoms with Crippen LogP contribution in [0.1, 0.15) is 77.7 Å². The molecule has 4 heteroatoms. The predicted molar refractivity (Wildman–Crippen MR) is 86.2 cm³/mol. The summed E-state index contributed by atoms with van der Waals surface area (Å²) >= 11 is 3.39. The topological polar surface area (TPSA) is 45.8 Å². The standard InChI is InChI=1S/C16H25BrN2O/c1-15(2,3)12-11(17)14(20)19-13(18-12)10-6-8-16(4,5)9-7-10/h10H,6-9H2,1-5H3,(H,18,19,20). The van der Waals surface area contributed by atoms with Gasteiger partial charge in [0.25, 0.3) is 5.56 Å². The molecular formula is C16H25BrN2O. The van der Waals surface area contributed by atoms with Crippen LogP contribution in [-0.2, 0) is 5.41 Å². The van der Waals surface area contributed by atoms with Gasteiger partial charge in [0.2, 0.25) is 0 Å². The molecule has 1 aliphatic carbocycles. The van der Waals surface area contributed by atoms with Crippen molar-refractivity contribution in [3.8, 4) is 0 Å². The summed E-state index contributed by atoms with van der Waals surface area (Å²) in [6.07, 6.45) is 4.62. The molecule has 3 nitrogen and oxygen atoms in total. The van der Waals surface area contributed by atoms with E-state index in [9.17, 15) is 4.79 Å². The van der Waals surface area contributed by atoms with Crippen LogP contribution in [0.5, 0.6) is 0 Å². The molecule has 20 heavy (non-hydrogen) atoms. The van der Waals surface area contributed by atoms with Gasteiger partial charge in [-0.25, -0.2) is 4.98 Å². The Morgan fingerprint density at radius 1 is 1.25 bits per heavy atom. The number of H-pyrrole nitrogens is 1. The van der Waals surface area contributed by atoms with Crippen molar-refractivity contribution < 1.29 is 0 Å². The van der Waals surface area contributed by atoms with E-state index in [2.05, 4.69) is 55.5 Å². The molecule has 1 aliphatic rings. The lowest BCUT2D eigenvalue weighted by Crippen LogP contribution is -2.27. The highest BCUT2D eigenvalue weighted by molar-refractivity contribution is 9.10. The summed E-state index contributed by atoms with van der Waals surface area (Å²) in [7, 11) is 0. The first-order chi connectivity index (χ1) is 9.10. The van der Waals surface area contributed by atoms with E-state index in [1.54, 1.807) is 0 Å². The fourth-order valence-corrected chi connectivity index (χ4v) is 3.62. The largest absolute Gasteiger partial charge is 0.309 e. The second-order valence-corrected chi connectivity index (χ2v) is 8.60. The van der Waals surface area contributed by atoms with Gasteiger partial charge in [0, 0.05) is 11.3 Å². The van der Waals surface area contributed by atoms with Crippen molar-refractivity contribution in [2.75, 3.05) is 0 Å². The summed E-state index contributed by atoms with van der Waals surface area (Å²) in [4.78, 5) is 19.9. The highest BCUT2D eigenvalue weighted by atomic mass is 79.9. The molecule has 0 radical (unpaired) electrons. The van der Waals surface area contributed by atoms with Crippen molar-refractivity contribution in [2.45, 2.75) is 71.6 Å². The molecule has 0 atom stereocenters. The van der Waals surface area contributed by atoms with Gasteiger partial charge in [0.1, 0.15) is 10.3 Å². The summed E-state index contributed by atoms with van der Waals surface area (Å²) in [5.74, 6) is 1.27. The number of rotatable bonds is 1. The maximum absolute atomic E-state index is 12.1. The van der Waals surface area contributed by atoms with Crippen molar-refractivity contribution in [3.05, 3.63) is 26.3 Å². The van der Waals surface area contributed by atoms with Crippen molar-refractivity contribution in [1.29, 1.82) is 0 Å². The van der Waals surface area contributed by atoms with E-state index in [0.717, 1.165) is 24.4 Å². The number of nitrogens with zero attached hydrogens (tertiary/aromatic N) is 1. The number of nitrogens with one attached hydrogen (secondary N) is 1.